The Kier molecular flexibility index (Phi) is 9.59. The summed E-state index contributed by atoms with van der Waals surface area (Å²) in [4.78, 5) is 14.5. The number of carbonyl (C=O) groups is 1. The number of halogens is 1. The number of hydrogen-bond donors (Lipinski definition) is 3. The first-order valence-electron chi connectivity index (χ1n) is 12.6. The number of fused-ring (bicyclic) bond motifs is 1. The minimum Gasteiger partial charge on any atom is -0.493 e. The first kappa shape index (κ1) is 27.7. The molecule has 0 saturated heterocycles. The van der Waals surface area contributed by atoms with Gasteiger partial charge in [0.1, 0.15) is 12.4 Å². The van der Waals surface area contributed by atoms with E-state index in [9.17, 15) is 9.18 Å². The SMILES string of the molecule is CCN(CCO)CCCOc1cc2cnnc(Nc3cnn(CC(=O)Nc4cccc(F)c4)c3)c2cc1OC. The molecule has 0 aliphatic carbocycles. The summed E-state index contributed by atoms with van der Waals surface area (Å²) in [5, 5.41) is 29.1. The van der Waals surface area contributed by atoms with E-state index < -0.39 is 5.82 Å². The minimum absolute atomic E-state index is 0.0516. The fourth-order valence-corrected chi connectivity index (χ4v) is 4.06. The summed E-state index contributed by atoms with van der Waals surface area (Å²) in [5.74, 6) is 0.886. The smallest absolute Gasteiger partial charge is 0.246 e. The molecule has 4 aromatic rings. The fraction of sp³-hybridized carbons (Fsp3) is 0.333. The zero-order valence-corrected chi connectivity index (χ0v) is 21.9. The molecule has 0 aliphatic heterocycles. The maximum atomic E-state index is 13.4. The number of carbonyl (C=O) groups excluding carboxylic acids is 1. The Morgan fingerprint density at radius 1 is 1.15 bits per heavy atom. The molecule has 2 aromatic heterocycles. The zero-order valence-electron chi connectivity index (χ0n) is 21.9. The molecule has 0 saturated carbocycles. The van der Waals surface area contributed by atoms with Crippen molar-refractivity contribution < 1.29 is 23.8 Å². The Bertz CT molecular complexity index is 1400. The third-order valence-electron chi connectivity index (χ3n) is 6.00. The number of hydrogen-bond acceptors (Lipinski definition) is 9. The van der Waals surface area contributed by atoms with Gasteiger partial charge in [-0.15, -0.1) is 5.10 Å². The number of benzene rings is 2. The Morgan fingerprint density at radius 3 is 2.79 bits per heavy atom. The second kappa shape index (κ2) is 13.5. The third-order valence-corrected chi connectivity index (χ3v) is 6.00. The standard InChI is InChI=1S/C27H32FN7O4/c1-3-34(9-10-36)8-5-11-39-25-12-19-15-29-33-27(23(19)14-24(25)38-2)32-22-16-30-35(17-22)18-26(37)31-21-7-4-6-20(28)13-21/h4,6-7,12-17,36H,3,5,8-11,18H2,1-2H3,(H,31,37)(H,32,33). The van der Waals surface area contributed by atoms with Crippen LogP contribution in [0.4, 0.5) is 21.6 Å². The van der Waals surface area contributed by atoms with Gasteiger partial charge < -0.3 is 30.1 Å². The normalized spacial score (nSPS) is 11.1. The molecule has 206 valence electrons. The van der Waals surface area contributed by atoms with Crippen molar-refractivity contribution in [1.82, 2.24) is 24.9 Å². The highest BCUT2D eigenvalue weighted by Gasteiger charge is 2.13. The number of rotatable bonds is 14. The quantitative estimate of drug-likeness (QED) is 0.207. The molecule has 0 fully saturated rings. The van der Waals surface area contributed by atoms with E-state index in [0.29, 0.717) is 41.8 Å². The number of amides is 1. The van der Waals surface area contributed by atoms with Crippen LogP contribution in [0.3, 0.4) is 0 Å². The Morgan fingerprint density at radius 2 is 2.03 bits per heavy atom. The average Bonchev–Trinajstić information content (AvgIpc) is 3.36. The first-order valence-corrected chi connectivity index (χ1v) is 12.6. The number of likely N-dealkylation sites (N-methyl/N-ethyl adjacent to an activating group) is 1. The molecule has 0 bridgehead atoms. The zero-order chi connectivity index (χ0) is 27.6. The molecule has 0 atom stereocenters. The lowest BCUT2D eigenvalue weighted by Gasteiger charge is -2.19. The molecule has 0 unspecified atom stereocenters. The molecule has 2 aromatic carbocycles. The summed E-state index contributed by atoms with van der Waals surface area (Å²) in [5.41, 5.74) is 0.983. The van der Waals surface area contributed by atoms with E-state index in [-0.39, 0.29) is 19.1 Å². The van der Waals surface area contributed by atoms with Gasteiger partial charge in [-0.3, -0.25) is 9.48 Å². The van der Waals surface area contributed by atoms with Gasteiger partial charge in [0.2, 0.25) is 5.91 Å². The first-order chi connectivity index (χ1) is 19.0. The molecule has 3 N–H and O–H groups in total. The number of methoxy groups -OCH3 is 1. The molecule has 0 spiro atoms. The highest BCUT2D eigenvalue weighted by Crippen LogP contribution is 2.35. The van der Waals surface area contributed by atoms with Crippen molar-refractivity contribution in [2.24, 2.45) is 0 Å². The lowest BCUT2D eigenvalue weighted by Crippen LogP contribution is -2.28. The van der Waals surface area contributed by atoms with Gasteiger partial charge in [0, 0.05) is 35.7 Å². The number of nitrogens with zero attached hydrogens (tertiary/aromatic N) is 5. The Labute approximate surface area is 225 Å². The molecule has 1 amide bonds. The van der Waals surface area contributed by atoms with Crippen LogP contribution in [0.1, 0.15) is 13.3 Å². The van der Waals surface area contributed by atoms with E-state index in [1.165, 1.54) is 22.9 Å². The van der Waals surface area contributed by atoms with E-state index in [1.54, 1.807) is 31.8 Å². The van der Waals surface area contributed by atoms with Crippen molar-refractivity contribution >= 4 is 33.9 Å². The lowest BCUT2D eigenvalue weighted by atomic mass is 10.1. The van der Waals surface area contributed by atoms with Crippen LogP contribution in [0.25, 0.3) is 10.8 Å². The molecule has 4 rings (SSSR count). The van der Waals surface area contributed by atoms with Gasteiger partial charge in [-0.1, -0.05) is 13.0 Å². The van der Waals surface area contributed by atoms with Crippen LogP contribution in [0, 0.1) is 5.82 Å². The van der Waals surface area contributed by atoms with Crippen LogP contribution in [0.15, 0.2) is 55.0 Å². The number of anilines is 3. The summed E-state index contributed by atoms with van der Waals surface area (Å²) < 4.78 is 26.4. The van der Waals surface area contributed by atoms with Gasteiger partial charge in [-0.25, -0.2) is 4.39 Å². The summed E-state index contributed by atoms with van der Waals surface area (Å²) in [6.45, 7) is 4.99. The van der Waals surface area contributed by atoms with Gasteiger partial charge in [-0.05, 0) is 43.3 Å². The highest BCUT2D eigenvalue weighted by atomic mass is 19.1. The summed E-state index contributed by atoms with van der Waals surface area (Å²) in [7, 11) is 1.58. The van der Waals surface area contributed by atoms with Gasteiger partial charge in [0.05, 0.1) is 38.4 Å². The molecule has 0 radical (unpaired) electrons. The molecule has 11 nitrogen and oxygen atoms in total. The topological polar surface area (TPSA) is 127 Å². The third kappa shape index (κ3) is 7.62. The van der Waals surface area contributed by atoms with E-state index in [0.717, 1.165) is 30.3 Å². The van der Waals surface area contributed by atoms with Crippen molar-refractivity contribution in [2.75, 3.05) is 50.6 Å². The van der Waals surface area contributed by atoms with Crippen LogP contribution in [-0.4, -0.2) is 75.8 Å². The van der Waals surface area contributed by atoms with Gasteiger partial charge in [0.25, 0.3) is 0 Å². The van der Waals surface area contributed by atoms with E-state index in [1.807, 2.05) is 12.1 Å². The van der Waals surface area contributed by atoms with Crippen LogP contribution in [0.2, 0.25) is 0 Å². The predicted octanol–water partition coefficient (Wildman–Crippen LogP) is 3.44. The van der Waals surface area contributed by atoms with Crippen molar-refractivity contribution in [1.29, 1.82) is 0 Å². The van der Waals surface area contributed by atoms with Gasteiger partial charge >= 0.3 is 0 Å². The number of nitrogens with one attached hydrogen (secondary N) is 2. The van der Waals surface area contributed by atoms with E-state index >= 15 is 0 Å². The van der Waals surface area contributed by atoms with Crippen molar-refractivity contribution in [3.63, 3.8) is 0 Å². The maximum absolute atomic E-state index is 13.4. The molecular formula is C27H32FN7O4. The highest BCUT2D eigenvalue weighted by molar-refractivity contribution is 5.95. The van der Waals surface area contributed by atoms with Gasteiger partial charge in [0.15, 0.2) is 17.3 Å². The molecular weight excluding hydrogens is 505 g/mol. The monoisotopic (exact) mass is 537 g/mol. The summed E-state index contributed by atoms with van der Waals surface area (Å²) in [6.07, 6.45) is 5.69. The Balaban J connectivity index is 1.41. The number of aliphatic hydroxyl groups excluding tert-OH is 1. The summed E-state index contributed by atoms with van der Waals surface area (Å²) in [6, 6.07) is 9.39. The fourth-order valence-electron chi connectivity index (χ4n) is 4.06. The molecule has 39 heavy (non-hydrogen) atoms. The maximum Gasteiger partial charge on any atom is 0.246 e. The van der Waals surface area contributed by atoms with E-state index in [4.69, 9.17) is 14.6 Å². The lowest BCUT2D eigenvalue weighted by molar-refractivity contribution is -0.116. The predicted molar refractivity (Wildman–Crippen MR) is 146 cm³/mol. The second-order valence-corrected chi connectivity index (χ2v) is 8.75. The largest absolute Gasteiger partial charge is 0.493 e. The number of ether oxygens (including phenoxy) is 2. The molecule has 2 heterocycles. The van der Waals surface area contributed by atoms with Crippen molar-refractivity contribution in [2.45, 2.75) is 19.9 Å². The van der Waals surface area contributed by atoms with Crippen molar-refractivity contribution in [3.8, 4) is 11.5 Å². The summed E-state index contributed by atoms with van der Waals surface area (Å²) >= 11 is 0. The number of aliphatic hydroxyl groups is 1. The van der Waals surface area contributed by atoms with Crippen LogP contribution in [-0.2, 0) is 11.3 Å². The molecule has 12 heteroatoms. The Hall–Kier alpha value is -4.29. The van der Waals surface area contributed by atoms with E-state index in [2.05, 4.69) is 37.8 Å². The average molecular weight is 538 g/mol. The van der Waals surface area contributed by atoms with Gasteiger partial charge in [-0.2, -0.15) is 10.2 Å². The molecule has 0 aliphatic rings. The van der Waals surface area contributed by atoms with Crippen molar-refractivity contribution in [3.05, 3.63) is 60.8 Å². The number of aromatic nitrogens is 4. The minimum atomic E-state index is -0.428. The second-order valence-electron chi connectivity index (χ2n) is 8.75. The van der Waals surface area contributed by atoms with Crippen LogP contribution < -0.4 is 20.1 Å². The van der Waals surface area contributed by atoms with Crippen LogP contribution in [0.5, 0.6) is 11.5 Å². The van der Waals surface area contributed by atoms with Crippen LogP contribution >= 0.6 is 0 Å².